The Morgan fingerprint density at radius 2 is 1.61 bits per heavy atom. The second kappa shape index (κ2) is 12.3. The van der Waals surface area contributed by atoms with Crippen LogP contribution in [0.15, 0.2) is 30.4 Å². The van der Waals surface area contributed by atoms with Crippen molar-refractivity contribution >= 4 is 0 Å². The lowest BCUT2D eigenvalue weighted by atomic mass is 9.71. The highest BCUT2D eigenvalue weighted by Crippen LogP contribution is 2.43. The van der Waals surface area contributed by atoms with Gasteiger partial charge in [-0.2, -0.15) is 17.6 Å². The summed E-state index contributed by atoms with van der Waals surface area (Å²) in [5.41, 5.74) is 0.733. The minimum atomic E-state index is -4.27. The Labute approximate surface area is 211 Å². The predicted octanol–water partition coefficient (Wildman–Crippen LogP) is 9.25. The number of hydrogen-bond donors (Lipinski definition) is 0. The molecule has 36 heavy (non-hydrogen) atoms. The molecule has 0 aromatic heterocycles. The van der Waals surface area contributed by atoms with Gasteiger partial charge < -0.3 is 9.47 Å². The van der Waals surface area contributed by atoms with E-state index in [1.807, 2.05) is 0 Å². The molecule has 1 aromatic rings. The van der Waals surface area contributed by atoms with E-state index in [9.17, 15) is 22.0 Å². The monoisotopic (exact) mass is 514 g/mol. The van der Waals surface area contributed by atoms with E-state index < -0.39 is 29.8 Å². The zero-order valence-corrected chi connectivity index (χ0v) is 21.2. The first-order valence-electron chi connectivity index (χ1n) is 13.8. The van der Waals surface area contributed by atoms with Crippen molar-refractivity contribution in [3.63, 3.8) is 0 Å². The van der Waals surface area contributed by atoms with Crippen molar-refractivity contribution in [3.8, 4) is 5.75 Å². The first-order chi connectivity index (χ1) is 17.2. The van der Waals surface area contributed by atoms with Crippen molar-refractivity contribution in [2.45, 2.75) is 102 Å². The van der Waals surface area contributed by atoms with Gasteiger partial charge in [-0.3, -0.25) is 0 Å². The number of rotatable bonds is 8. The molecule has 1 saturated heterocycles. The molecular formula is C29H39F5O2. The van der Waals surface area contributed by atoms with E-state index in [-0.39, 0.29) is 5.92 Å². The maximum atomic E-state index is 14.4. The summed E-state index contributed by atoms with van der Waals surface area (Å²) in [5, 5.41) is 0. The number of ether oxygens (including phenoxy) is 2. The van der Waals surface area contributed by atoms with Crippen LogP contribution in [0.2, 0.25) is 0 Å². The van der Waals surface area contributed by atoms with Crippen LogP contribution in [0.5, 0.6) is 5.75 Å². The fourth-order valence-electron chi connectivity index (χ4n) is 6.87. The molecule has 3 fully saturated rings. The van der Waals surface area contributed by atoms with E-state index >= 15 is 0 Å². The van der Waals surface area contributed by atoms with Gasteiger partial charge in [-0.1, -0.05) is 38.7 Å². The highest BCUT2D eigenvalue weighted by molar-refractivity contribution is 5.32. The Bertz CT molecular complexity index is 860. The molecule has 4 rings (SSSR count). The number of benzene rings is 1. The van der Waals surface area contributed by atoms with Crippen molar-refractivity contribution < 1.29 is 31.4 Å². The Morgan fingerprint density at radius 3 is 2.19 bits per heavy atom. The molecule has 2 nitrogen and oxygen atoms in total. The van der Waals surface area contributed by atoms with E-state index in [4.69, 9.17) is 4.74 Å². The number of alkyl halides is 2. The summed E-state index contributed by atoms with van der Waals surface area (Å²) in [6.45, 7) is 3.16. The minimum absolute atomic E-state index is 0.142. The van der Waals surface area contributed by atoms with Crippen LogP contribution in [0, 0.1) is 29.5 Å². The summed E-state index contributed by atoms with van der Waals surface area (Å²) >= 11 is 0. The maximum absolute atomic E-state index is 14.4. The van der Waals surface area contributed by atoms with Crippen molar-refractivity contribution in [3.05, 3.63) is 41.7 Å². The molecule has 0 N–H and O–H groups in total. The number of halogens is 5. The first kappa shape index (κ1) is 27.4. The Kier molecular flexibility index (Phi) is 9.35. The van der Waals surface area contributed by atoms with Crippen molar-refractivity contribution in [1.29, 1.82) is 0 Å². The zero-order chi connectivity index (χ0) is 25.7. The van der Waals surface area contributed by atoms with Crippen LogP contribution in [0.4, 0.5) is 22.0 Å². The van der Waals surface area contributed by atoms with Gasteiger partial charge in [0.25, 0.3) is 6.08 Å². The standard InChI is InChI=1S/C29H39F5O2/c1-2-3-19-4-6-21(7-5-19)24-13-14-26(35-18-24)22-10-8-20(9-11-22)23-12-15-27(25(30)16-23)36-29(33,34)17-28(31)32/h12,15-17,19-22,24,26H,2-11,13-14,18H2,1H3. The quantitative estimate of drug-likeness (QED) is 0.322. The molecular weight excluding hydrogens is 475 g/mol. The summed E-state index contributed by atoms with van der Waals surface area (Å²) in [5.74, 6) is 1.40. The molecule has 0 radical (unpaired) electrons. The predicted molar refractivity (Wildman–Crippen MR) is 130 cm³/mol. The van der Waals surface area contributed by atoms with E-state index in [0.717, 1.165) is 62.2 Å². The molecule has 7 heteroatoms. The van der Waals surface area contributed by atoms with Crippen LogP contribution in [0.3, 0.4) is 0 Å². The first-order valence-corrected chi connectivity index (χ1v) is 13.8. The fourth-order valence-corrected chi connectivity index (χ4v) is 6.87. The Morgan fingerprint density at radius 1 is 0.944 bits per heavy atom. The Balaban J connectivity index is 1.23. The lowest BCUT2D eigenvalue weighted by Crippen LogP contribution is -2.37. The van der Waals surface area contributed by atoms with Crippen LogP contribution in [-0.2, 0) is 4.74 Å². The van der Waals surface area contributed by atoms with Gasteiger partial charge in [0, 0.05) is 0 Å². The summed E-state index contributed by atoms with van der Waals surface area (Å²) in [6.07, 6.45) is 7.12. The van der Waals surface area contributed by atoms with Crippen LogP contribution < -0.4 is 4.74 Å². The second-order valence-corrected chi connectivity index (χ2v) is 11.2. The fraction of sp³-hybridized carbons (Fsp3) is 0.724. The SMILES string of the molecule is CCCC1CCC(C2CCC(C3CCC(c4ccc(OC(F)(F)C=C(F)F)c(F)c4)CC3)OC2)CC1. The molecule has 2 atom stereocenters. The van der Waals surface area contributed by atoms with Gasteiger partial charge in [0.05, 0.1) is 18.8 Å². The van der Waals surface area contributed by atoms with Crippen molar-refractivity contribution in [2.24, 2.45) is 23.7 Å². The van der Waals surface area contributed by atoms with Gasteiger partial charge in [-0.25, -0.2) is 4.39 Å². The third-order valence-electron chi connectivity index (χ3n) is 8.85. The van der Waals surface area contributed by atoms with E-state index in [1.165, 1.54) is 51.0 Å². The van der Waals surface area contributed by atoms with E-state index in [1.54, 1.807) is 6.07 Å². The largest absolute Gasteiger partial charge is 0.426 e. The zero-order valence-electron chi connectivity index (χ0n) is 21.2. The van der Waals surface area contributed by atoms with E-state index in [0.29, 0.717) is 17.9 Å². The molecule has 0 spiro atoms. The van der Waals surface area contributed by atoms with Gasteiger partial charge in [0.15, 0.2) is 11.6 Å². The highest BCUT2D eigenvalue weighted by Gasteiger charge is 2.36. The summed E-state index contributed by atoms with van der Waals surface area (Å²) in [6, 6.07) is 3.86. The molecule has 2 aliphatic carbocycles. The molecule has 1 aromatic carbocycles. The van der Waals surface area contributed by atoms with E-state index in [2.05, 4.69) is 11.7 Å². The molecule has 1 heterocycles. The molecule has 0 amide bonds. The third kappa shape index (κ3) is 7.23. The molecule has 2 saturated carbocycles. The Hall–Kier alpha value is -1.63. The van der Waals surface area contributed by atoms with Gasteiger partial charge in [0.1, 0.15) is 0 Å². The van der Waals surface area contributed by atoms with Crippen LogP contribution in [0.25, 0.3) is 0 Å². The highest BCUT2D eigenvalue weighted by atomic mass is 19.3. The number of hydrogen-bond acceptors (Lipinski definition) is 2. The van der Waals surface area contributed by atoms with Crippen molar-refractivity contribution in [2.75, 3.05) is 6.61 Å². The minimum Gasteiger partial charge on any atom is -0.426 e. The van der Waals surface area contributed by atoms with Crippen LogP contribution in [0.1, 0.15) is 95.5 Å². The molecule has 2 unspecified atom stereocenters. The molecule has 1 aliphatic heterocycles. The lowest BCUT2D eigenvalue weighted by molar-refractivity contribution is -0.135. The summed E-state index contributed by atoms with van der Waals surface area (Å²) < 4.78 is 76.1. The average molecular weight is 515 g/mol. The van der Waals surface area contributed by atoms with Crippen LogP contribution in [-0.4, -0.2) is 18.8 Å². The summed E-state index contributed by atoms with van der Waals surface area (Å²) in [7, 11) is 0. The molecule has 202 valence electrons. The lowest BCUT2D eigenvalue weighted by Gasteiger charge is -2.41. The third-order valence-corrected chi connectivity index (χ3v) is 8.85. The smallest absolute Gasteiger partial charge is 0.425 e. The molecule has 0 bridgehead atoms. The average Bonchev–Trinajstić information content (AvgIpc) is 2.85. The van der Waals surface area contributed by atoms with Gasteiger partial charge in [-0.15, -0.1) is 0 Å². The van der Waals surface area contributed by atoms with Crippen LogP contribution >= 0.6 is 0 Å². The molecule has 3 aliphatic rings. The normalized spacial score (nSPS) is 31.6. The van der Waals surface area contributed by atoms with Gasteiger partial charge in [-0.05, 0) is 98.7 Å². The van der Waals surface area contributed by atoms with Crippen molar-refractivity contribution in [1.82, 2.24) is 0 Å². The maximum Gasteiger partial charge on any atom is 0.425 e. The topological polar surface area (TPSA) is 18.5 Å². The van der Waals surface area contributed by atoms with Gasteiger partial charge >= 0.3 is 6.11 Å². The summed E-state index contributed by atoms with van der Waals surface area (Å²) in [4.78, 5) is 0. The second-order valence-electron chi connectivity index (χ2n) is 11.2. The van der Waals surface area contributed by atoms with Gasteiger partial charge in [0.2, 0.25) is 0 Å².